The number of esters is 1. The van der Waals surface area contributed by atoms with E-state index in [4.69, 9.17) is 14.6 Å². The van der Waals surface area contributed by atoms with Gasteiger partial charge < -0.3 is 14.8 Å². The molecule has 0 saturated carbocycles. The van der Waals surface area contributed by atoms with Gasteiger partial charge in [-0.3, -0.25) is 9.48 Å². The Hall–Kier alpha value is -2.74. The monoisotopic (exact) mass is 457 g/mol. The predicted octanol–water partition coefficient (Wildman–Crippen LogP) is 3.55. The molecule has 8 heteroatoms. The van der Waals surface area contributed by atoms with Crippen molar-refractivity contribution >= 4 is 11.9 Å². The highest BCUT2D eigenvalue weighted by atomic mass is 19.1. The van der Waals surface area contributed by atoms with Crippen molar-refractivity contribution in [2.24, 2.45) is 10.8 Å². The molecule has 2 aliphatic rings. The number of rotatable bonds is 6. The van der Waals surface area contributed by atoms with Crippen molar-refractivity contribution < 1.29 is 23.5 Å². The minimum absolute atomic E-state index is 0.0383. The third-order valence-electron chi connectivity index (χ3n) is 6.68. The summed E-state index contributed by atoms with van der Waals surface area (Å²) < 4.78 is 26.9. The molecule has 0 atom stereocenters. The third-order valence-corrected chi connectivity index (χ3v) is 6.68. The van der Waals surface area contributed by atoms with E-state index < -0.39 is 17.2 Å². The van der Waals surface area contributed by atoms with Crippen molar-refractivity contribution in [3.05, 3.63) is 52.6 Å². The normalized spacial score (nSPS) is 17.9. The van der Waals surface area contributed by atoms with Crippen molar-refractivity contribution in [1.29, 1.82) is 0 Å². The number of aromatic nitrogens is 2. The fraction of sp³-hybridized carbons (Fsp3) is 0.560. The van der Waals surface area contributed by atoms with Gasteiger partial charge in [-0.2, -0.15) is 5.10 Å². The van der Waals surface area contributed by atoms with Gasteiger partial charge in [0.2, 0.25) is 0 Å². The van der Waals surface area contributed by atoms with Gasteiger partial charge in [-0.15, -0.1) is 0 Å². The van der Waals surface area contributed by atoms with E-state index in [2.05, 4.69) is 5.32 Å². The summed E-state index contributed by atoms with van der Waals surface area (Å²) in [5.41, 5.74) is 1.82. The lowest BCUT2D eigenvalue weighted by atomic mass is 9.76. The number of carbonyl (C=O) groups is 2. The zero-order valence-corrected chi connectivity index (χ0v) is 19.6. The first-order valence-electron chi connectivity index (χ1n) is 11.6. The molecule has 178 valence electrons. The molecule has 1 saturated heterocycles. The van der Waals surface area contributed by atoms with E-state index in [0.717, 1.165) is 30.7 Å². The standard InChI is InChI=1S/C25H32FN3O4/c1-4-19-21-20(13-25(14-27-22(21)30)9-11-32-12-10-25)29(28-19)15-24(2,3)16-33-23(31)17-7-5-6-8-18(17)26/h5-8H,4,9-16H2,1-3H3,(H,27,30). The smallest absolute Gasteiger partial charge is 0.341 e. The second kappa shape index (κ2) is 9.25. The van der Waals surface area contributed by atoms with E-state index in [1.54, 1.807) is 6.07 Å². The maximum atomic E-state index is 13.9. The summed E-state index contributed by atoms with van der Waals surface area (Å²) in [6.45, 7) is 8.54. The Bertz CT molecular complexity index is 1040. The van der Waals surface area contributed by atoms with Crippen LogP contribution in [-0.2, 0) is 28.9 Å². The fourth-order valence-corrected chi connectivity index (χ4v) is 4.72. The third kappa shape index (κ3) is 4.95. The number of nitrogens with zero attached hydrogens (tertiary/aromatic N) is 2. The molecule has 1 amide bonds. The molecule has 33 heavy (non-hydrogen) atoms. The van der Waals surface area contributed by atoms with Crippen molar-refractivity contribution in [3.63, 3.8) is 0 Å². The lowest BCUT2D eigenvalue weighted by Crippen LogP contribution is -2.41. The van der Waals surface area contributed by atoms with Crippen LogP contribution in [0.5, 0.6) is 0 Å². The largest absolute Gasteiger partial charge is 0.461 e. The van der Waals surface area contributed by atoms with E-state index in [1.165, 1.54) is 18.2 Å². The van der Waals surface area contributed by atoms with Gasteiger partial charge in [0.15, 0.2) is 0 Å². The van der Waals surface area contributed by atoms with E-state index in [9.17, 15) is 14.0 Å². The molecule has 1 aromatic carbocycles. The van der Waals surface area contributed by atoms with E-state index >= 15 is 0 Å². The van der Waals surface area contributed by atoms with Crippen LogP contribution in [0, 0.1) is 16.6 Å². The molecule has 0 aliphatic carbocycles. The van der Waals surface area contributed by atoms with Crippen LogP contribution in [0.1, 0.15) is 65.7 Å². The molecular formula is C25H32FN3O4. The second-order valence-corrected chi connectivity index (χ2v) is 9.97. The van der Waals surface area contributed by atoms with Crippen molar-refractivity contribution in [2.75, 3.05) is 26.4 Å². The quantitative estimate of drug-likeness (QED) is 0.671. The van der Waals surface area contributed by atoms with Crippen LogP contribution in [0.3, 0.4) is 0 Å². The van der Waals surface area contributed by atoms with Gasteiger partial charge in [-0.1, -0.05) is 32.9 Å². The molecule has 1 N–H and O–H groups in total. The molecular weight excluding hydrogens is 425 g/mol. The Labute approximate surface area is 193 Å². The van der Waals surface area contributed by atoms with Gasteiger partial charge in [0.05, 0.1) is 29.1 Å². The highest BCUT2D eigenvalue weighted by Gasteiger charge is 2.40. The predicted molar refractivity (Wildman–Crippen MR) is 121 cm³/mol. The summed E-state index contributed by atoms with van der Waals surface area (Å²) in [5.74, 6) is -1.35. The molecule has 3 heterocycles. The second-order valence-electron chi connectivity index (χ2n) is 9.97. The van der Waals surface area contributed by atoms with Crippen LogP contribution in [0.2, 0.25) is 0 Å². The van der Waals surface area contributed by atoms with Crippen molar-refractivity contribution in [1.82, 2.24) is 15.1 Å². The number of hydrogen-bond acceptors (Lipinski definition) is 5. The Morgan fingerprint density at radius 2 is 2.03 bits per heavy atom. The summed E-state index contributed by atoms with van der Waals surface area (Å²) in [6.07, 6.45) is 3.19. The number of ether oxygens (including phenoxy) is 2. The van der Waals surface area contributed by atoms with Gasteiger partial charge in [0.1, 0.15) is 5.82 Å². The summed E-state index contributed by atoms with van der Waals surface area (Å²) >= 11 is 0. The Morgan fingerprint density at radius 1 is 1.30 bits per heavy atom. The zero-order chi connectivity index (χ0) is 23.6. The maximum Gasteiger partial charge on any atom is 0.341 e. The van der Waals surface area contributed by atoms with Crippen molar-refractivity contribution in [3.8, 4) is 0 Å². The maximum absolute atomic E-state index is 13.9. The van der Waals surface area contributed by atoms with Crippen LogP contribution in [0.4, 0.5) is 4.39 Å². The molecule has 0 unspecified atom stereocenters. The summed E-state index contributed by atoms with van der Waals surface area (Å²) in [5, 5.41) is 7.91. The van der Waals surface area contributed by atoms with Crippen LogP contribution in [0.15, 0.2) is 24.3 Å². The molecule has 2 aliphatic heterocycles. The molecule has 0 bridgehead atoms. The van der Waals surface area contributed by atoms with Crippen molar-refractivity contribution in [2.45, 2.75) is 53.0 Å². The first-order chi connectivity index (χ1) is 15.7. The first-order valence-corrected chi connectivity index (χ1v) is 11.6. The fourth-order valence-electron chi connectivity index (χ4n) is 4.72. The Balaban J connectivity index is 1.56. The summed E-state index contributed by atoms with van der Waals surface area (Å²) in [4.78, 5) is 25.4. The first kappa shape index (κ1) is 23.4. The number of hydrogen-bond donors (Lipinski definition) is 1. The highest BCUT2D eigenvalue weighted by molar-refractivity contribution is 5.97. The minimum Gasteiger partial charge on any atom is -0.461 e. The van der Waals surface area contributed by atoms with Gasteiger partial charge in [0, 0.05) is 31.7 Å². The Kier molecular flexibility index (Phi) is 6.56. The molecule has 1 fully saturated rings. The van der Waals surface area contributed by atoms with E-state index in [1.807, 2.05) is 25.5 Å². The van der Waals surface area contributed by atoms with Gasteiger partial charge in [0.25, 0.3) is 5.91 Å². The molecule has 0 radical (unpaired) electrons. The molecule has 2 aromatic rings. The topological polar surface area (TPSA) is 82.5 Å². The van der Waals surface area contributed by atoms with Gasteiger partial charge >= 0.3 is 5.97 Å². The molecule has 7 nitrogen and oxygen atoms in total. The van der Waals surface area contributed by atoms with Gasteiger partial charge in [-0.25, -0.2) is 9.18 Å². The van der Waals surface area contributed by atoms with Crippen LogP contribution in [0.25, 0.3) is 0 Å². The highest BCUT2D eigenvalue weighted by Crippen LogP contribution is 2.38. The molecule has 1 spiro atoms. The minimum atomic E-state index is -0.685. The lowest BCUT2D eigenvalue weighted by molar-refractivity contribution is 0.0145. The Morgan fingerprint density at radius 3 is 2.73 bits per heavy atom. The van der Waals surface area contributed by atoms with E-state index in [-0.39, 0.29) is 23.5 Å². The van der Waals surface area contributed by atoms with Gasteiger partial charge in [-0.05, 0) is 43.2 Å². The number of aryl methyl sites for hydroxylation is 1. The SMILES string of the molecule is CCc1nn(CC(C)(C)COC(=O)c2ccccc2F)c2c1C(=O)NCC1(CCOCC1)C2. The molecule has 4 rings (SSSR count). The number of halogens is 1. The number of amides is 1. The number of nitrogens with one attached hydrogen (secondary N) is 1. The van der Waals surface area contributed by atoms with Crippen LogP contribution >= 0.6 is 0 Å². The van der Waals surface area contributed by atoms with Crippen LogP contribution < -0.4 is 5.32 Å². The number of fused-ring (bicyclic) bond motifs is 1. The average molecular weight is 458 g/mol. The average Bonchev–Trinajstić information content (AvgIpc) is 3.05. The van der Waals surface area contributed by atoms with Crippen LogP contribution in [-0.4, -0.2) is 48.0 Å². The zero-order valence-electron chi connectivity index (χ0n) is 19.6. The summed E-state index contributed by atoms with van der Waals surface area (Å²) in [6, 6.07) is 5.79. The summed E-state index contributed by atoms with van der Waals surface area (Å²) in [7, 11) is 0. The van der Waals surface area contributed by atoms with E-state index in [0.29, 0.717) is 38.3 Å². The molecule has 1 aromatic heterocycles. The lowest BCUT2D eigenvalue weighted by Gasteiger charge is -2.36. The number of carbonyl (C=O) groups excluding carboxylic acids is 2. The number of benzene rings is 1.